The van der Waals surface area contributed by atoms with Gasteiger partial charge in [-0.2, -0.15) is 5.10 Å². The molecular formula is C12H25N2NaO3SSi. The smallest absolute Gasteiger partial charge is 1.00 e. The van der Waals surface area contributed by atoms with Crippen LogP contribution in [0, 0.1) is 0 Å². The zero-order valence-corrected chi connectivity index (χ0v) is 17.4. The molecular weight excluding hydrogens is 303 g/mol. The molecule has 112 valence electrons. The van der Waals surface area contributed by atoms with E-state index < -0.39 is 19.4 Å². The van der Waals surface area contributed by atoms with E-state index in [1.165, 1.54) is 0 Å². The first kappa shape index (κ1) is 20.5. The average Bonchev–Trinajstić information content (AvgIpc) is 2.53. The van der Waals surface area contributed by atoms with Crippen molar-refractivity contribution < 1.29 is 44.2 Å². The van der Waals surface area contributed by atoms with Gasteiger partial charge in [0.15, 0.2) is 19.4 Å². The fourth-order valence-corrected chi connectivity index (χ4v) is 2.71. The van der Waals surface area contributed by atoms with E-state index in [-0.39, 0.29) is 41.8 Å². The molecule has 0 bridgehead atoms. The van der Waals surface area contributed by atoms with E-state index in [0.717, 1.165) is 5.69 Å². The molecule has 0 amide bonds. The Kier molecular flexibility index (Phi) is 7.86. The molecule has 0 spiro atoms. The van der Waals surface area contributed by atoms with E-state index in [0.29, 0.717) is 12.3 Å². The van der Waals surface area contributed by atoms with Crippen molar-refractivity contribution in [1.29, 1.82) is 0 Å². The van der Waals surface area contributed by atoms with E-state index in [1.54, 1.807) is 4.68 Å². The van der Waals surface area contributed by atoms with Crippen molar-refractivity contribution in [3.05, 3.63) is 17.5 Å². The topological polar surface area (TPSA) is 64.4 Å². The van der Waals surface area contributed by atoms with Gasteiger partial charge in [-0.15, -0.1) is 0 Å². The van der Waals surface area contributed by atoms with Gasteiger partial charge < -0.3 is 10.4 Å². The molecule has 5 nitrogen and oxygen atoms in total. The van der Waals surface area contributed by atoms with Crippen LogP contribution >= 0.6 is 0 Å². The molecule has 0 radical (unpaired) electrons. The molecule has 0 saturated heterocycles. The van der Waals surface area contributed by atoms with Gasteiger partial charge in [0.05, 0.1) is 23.7 Å². The first-order valence-corrected chi connectivity index (χ1v) is 10.4. The molecule has 1 N–H and O–H groups in total. The Morgan fingerprint density at radius 2 is 2.05 bits per heavy atom. The van der Waals surface area contributed by atoms with Crippen LogP contribution in [0.2, 0.25) is 18.1 Å². The van der Waals surface area contributed by atoms with Gasteiger partial charge in [0.2, 0.25) is 0 Å². The average molecular weight is 328 g/mol. The number of hydrogen-bond donors (Lipinski definition) is 1. The molecule has 0 aliphatic heterocycles. The van der Waals surface area contributed by atoms with Crippen molar-refractivity contribution in [1.82, 2.24) is 9.78 Å². The van der Waals surface area contributed by atoms with Gasteiger partial charge in [-0.3, -0.25) is 4.68 Å². The predicted octanol–water partition coefficient (Wildman–Crippen LogP) is -0.220. The third-order valence-corrected chi connectivity index (χ3v) is 8.71. The second-order valence-electron chi connectivity index (χ2n) is 6.27. The monoisotopic (exact) mass is 328 g/mol. The molecule has 0 aliphatic carbocycles. The van der Waals surface area contributed by atoms with Gasteiger partial charge in [-0.1, -0.05) is 20.8 Å². The number of hydrogen-bond acceptors (Lipinski definition) is 3. The zero-order valence-electron chi connectivity index (χ0n) is 14.6. The van der Waals surface area contributed by atoms with Gasteiger partial charge in [-0.05, 0) is 24.2 Å². The van der Waals surface area contributed by atoms with Crippen LogP contribution in [0.15, 0.2) is 6.07 Å². The summed E-state index contributed by atoms with van der Waals surface area (Å²) in [5.41, 5.74) is 1.56. The molecule has 0 aromatic carbocycles. The Morgan fingerprint density at radius 3 is 2.50 bits per heavy atom. The predicted molar refractivity (Wildman–Crippen MR) is 80.8 cm³/mol. The Hall–Kier alpha value is 0.497. The van der Waals surface area contributed by atoms with Crippen LogP contribution in [0.4, 0.5) is 0 Å². The van der Waals surface area contributed by atoms with Crippen LogP contribution in [0.5, 0.6) is 0 Å². The van der Waals surface area contributed by atoms with Crippen molar-refractivity contribution in [2.45, 2.75) is 51.3 Å². The van der Waals surface area contributed by atoms with E-state index in [9.17, 15) is 4.21 Å². The Balaban J connectivity index is 0. The van der Waals surface area contributed by atoms with Crippen LogP contribution in [0.25, 0.3) is 0 Å². The van der Waals surface area contributed by atoms with Crippen molar-refractivity contribution >= 4 is 19.4 Å². The van der Waals surface area contributed by atoms with E-state index in [4.69, 9.17) is 8.98 Å². The maximum absolute atomic E-state index is 10.8. The summed E-state index contributed by atoms with van der Waals surface area (Å²) in [4.78, 5) is 0. The Morgan fingerprint density at radius 1 is 1.50 bits per heavy atom. The first-order chi connectivity index (χ1) is 8.53. The second kappa shape index (κ2) is 7.67. The molecule has 1 aromatic heterocycles. The van der Waals surface area contributed by atoms with Crippen LogP contribution in [0.3, 0.4) is 0 Å². The summed E-state index contributed by atoms with van der Waals surface area (Å²) in [5.74, 6) is 0.0634. The summed E-state index contributed by atoms with van der Waals surface area (Å²) in [6, 6.07) is 1.83. The quantitative estimate of drug-likeness (QED) is 0.600. The van der Waals surface area contributed by atoms with Gasteiger partial charge in [-0.25, -0.2) is 4.21 Å². The summed E-state index contributed by atoms with van der Waals surface area (Å²) >= 11 is -1.85. The second-order valence-corrected chi connectivity index (χ2v) is 12.0. The van der Waals surface area contributed by atoms with Crippen molar-refractivity contribution in [2.24, 2.45) is 7.05 Å². The molecule has 1 aromatic rings. The van der Waals surface area contributed by atoms with Gasteiger partial charge >= 0.3 is 29.6 Å². The normalized spacial score (nSPS) is 13.9. The Bertz CT molecular complexity index is 478. The fraction of sp³-hybridized carbons (Fsp3) is 0.750. The minimum Gasteiger partial charge on any atom is -1.00 e. The third kappa shape index (κ3) is 5.71. The van der Waals surface area contributed by atoms with Crippen LogP contribution in [-0.2, 0) is 34.9 Å². The molecule has 0 fully saturated rings. The third-order valence-electron chi connectivity index (χ3n) is 3.69. The summed E-state index contributed by atoms with van der Waals surface area (Å²) in [5, 5.41) is 4.38. The zero-order chi connectivity index (χ0) is 14.8. The minimum absolute atomic E-state index is 0. The molecule has 0 aliphatic rings. The molecule has 1 atom stereocenters. The van der Waals surface area contributed by atoms with E-state index in [1.807, 2.05) is 13.1 Å². The molecule has 20 heavy (non-hydrogen) atoms. The van der Waals surface area contributed by atoms with E-state index in [2.05, 4.69) is 39.0 Å². The summed E-state index contributed by atoms with van der Waals surface area (Å²) < 4.78 is 27.5. The fourth-order valence-electron chi connectivity index (χ4n) is 1.37. The number of rotatable bonds is 5. The van der Waals surface area contributed by atoms with Crippen LogP contribution in [0.1, 0.15) is 33.6 Å². The summed E-state index contributed by atoms with van der Waals surface area (Å²) in [6.07, 6.45) is 0. The molecule has 1 rings (SSSR count). The van der Waals surface area contributed by atoms with Crippen molar-refractivity contribution in [3.63, 3.8) is 0 Å². The number of nitrogens with zero attached hydrogens (tertiary/aromatic N) is 2. The van der Waals surface area contributed by atoms with E-state index >= 15 is 0 Å². The molecule has 8 heteroatoms. The van der Waals surface area contributed by atoms with Crippen LogP contribution < -0.4 is 29.6 Å². The van der Waals surface area contributed by atoms with Crippen molar-refractivity contribution in [3.8, 4) is 0 Å². The minimum atomic E-state index is -1.85. The Labute approximate surface area is 148 Å². The molecule has 1 heterocycles. The van der Waals surface area contributed by atoms with Gasteiger partial charge in [0.1, 0.15) is 0 Å². The van der Waals surface area contributed by atoms with Crippen molar-refractivity contribution in [2.75, 3.05) is 0 Å². The van der Waals surface area contributed by atoms with Gasteiger partial charge in [0.25, 0.3) is 0 Å². The summed E-state index contributed by atoms with van der Waals surface area (Å²) in [7, 11) is 0.0437. The molecule has 1 unspecified atom stereocenters. The van der Waals surface area contributed by atoms with Crippen LogP contribution in [-0.4, -0.2) is 26.9 Å². The largest absolute Gasteiger partial charge is 1.00 e. The maximum Gasteiger partial charge on any atom is 1.00 e. The maximum atomic E-state index is 10.8. The molecule has 0 saturated carbocycles. The number of aryl methyl sites for hydroxylation is 1. The van der Waals surface area contributed by atoms with Gasteiger partial charge in [0, 0.05) is 7.05 Å². The first-order valence-electron chi connectivity index (χ1n) is 6.26. The SMILES string of the molecule is Cn1nc(CS(=O)O)cc1CO[Si](C)(C)C(C)(C)C.[H-].[Na+]. The summed E-state index contributed by atoms with van der Waals surface area (Å²) in [6.45, 7) is 11.5. The standard InChI is InChI=1S/C12H24N2O3SSi.Na.H/c1-12(2,3)19(5,6)17-8-11-7-10(9-18(15)16)13-14(11)4;;/h7H,8-9H2,1-6H3,(H,15,16);;/q;+1;-1. The number of aromatic nitrogens is 2.